The lowest BCUT2D eigenvalue weighted by molar-refractivity contribution is 0.277. The molecule has 1 aromatic heterocycles. The van der Waals surface area contributed by atoms with Crippen LogP contribution < -0.4 is 4.72 Å². The van der Waals surface area contributed by atoms with Gasteiger partial charge in [-0.25, -0.2) is 8.78 Å². The standard InChI is InChI=1S/C11H10ClF2N3O3S/c1-5-7(4-18)11(16-15-5)21(19,20)17-10-8(12)2-6(13)3-9(10)14/h2-3,17-18H,4H2,1H3,(H,15,16). The van der Waals surface area contributed by atoms with Gasteiger partial charge in [0.1, 0.15) is 11.5 Å². The molecule has 0 bridgehead atoms. The Hall–Kier alpha value is -1.71. The Kier molecular flexibility index (Phi) is 4.17. The summed E-state index contributed by atoms with van der Waals surface area (Å²) in [5.74, 6) is -2.10. The summed E-state index contributed by atoms with van der Waals surface area (Å²) >= 11 is 5.62. The molecule has 6 nitrogen and oxygen atoms in total. The minimum atomic E-state index is -4.29. The zero-order valence-electron chi connectivity index (χ0n) is 10.6. The van der Waals surface area contributed by atoms with Gasteiger partial charge in [-0.2, -0.15) is 13.5 Å². The van der Waals surface area contributed by atoms with E-state index in [1.165, 1.54) is 6.92 Å². The van der Waals surface area contributed by atoms with Gasteiger partial charge in [0.25, 0.3) is 10.0 Å². The third-order valence-electron chi connectivity index (χ3n) is 2.69. The summed E-state index contributed by atoms with van der Waals surface area (Å²) in [5, 5.41) is 14.2. The molecule has 0 amide bonds. The highest BCUT2D eigenvalue weighted by atomic mass is 35.5. The smallest absolute Gasteiger partial charge is 0.281 e. The van der Waals surface area contributed by atoms with E-state index >= 15 is 0 Å². The number of aromatic amines is 1. The van der Waals surface area contributed by atoms with Crippen molar-refractivity contribution in [3.63, 3.8) is 0 Å². The van der Waals surface area contributed by atoms with Crippen LogP contribution in [0.4, 0.5) is 14.5 Å². The Bertz CT molecular complexity index is 769. The fourth-order valence-corrected chi connectivity index (χ4v) is 3.24. The number of nitrogens with one attached hydrogen (secondary N) is 2. The van der Waals surface area contributed by atoms with E-state index < -0.39 is 44.0 Å². The molecule has 1 aromatic carbocycles. The molecule has 0 aliphatic heterocycles. The van der Waals surface area contributed by atoms with Gasteiger partial charge in [0.2, 0.25) is 5.03 Å². The molecule has 0 saturated carbocycles. The van der Waals surface area contributed by atoms with Gasteiger partial charge in [-0.15, -0.1) is 0 Å². The van der Waals surface area contributed by atoms with Crippen molar-refractivity contribution in [2.45, 2.75) is 18.6 Å². The first-order chi connectivity index (χ1) is 9.76. The summed E-state index contributed by atoms with van der Waals surface area (Å²) in [6, 6.07) is 1.26. The Morgan fingerprint density at radius 3 is 2.67 bits per heavy atom. The quantitative estimate of drug-likeness (QED) is 0.794. The Labute approximate surface area is 123 Å². The van der Waals surface area contributed by atoms with Crippen molar-refractivity contribution in [2.75, 3.05) is 4.72 Å². The summed E-state index contributed by atoms with van der Waals surface area (Å²) < 4.78 is 52.8. The second kappa shape index (κ2) is 5.58. The Morgan fingerprint density at radius 1 is 1.43 bits per heavy atom. The van der Waals surface area contributed by atoms with Crippen LogP contribution in [0.3, 0.4) is 0 Å². The number of benzene rings is 1. The fourth-order valence-electron chi connectivity index (χ4n) is 1.66. The topological polar surface area (TPSA) is 95.1 Å². The molecule has 0 radical (unpaired) electrons. The van der Waals surface area contributed by atoms with E-state index in [9.17, 15) is 17.2 Å². The van der Waals surface area contributed by atoms with Crippen LogP contribution in [-0.2, 0) is 16.6 Å². The van der Waals surface area contributed by atoms with Crippen molar-refractivity contribution >= 4 is 27.3 Å². The lowest BCUT2D eigenvalue weighted by atomic mass is 10.3. The molecule has 0 atom stereocenters. The van der Waals surface area contributed by atoms with Gasteiger partial charge in [0.15, 0.2) is 5.82 Å². The Morgan fingerprint density at radius 2 is 2.10 bits per heavy atom. The number of nitrogens with zero attached hydrogens (tertiary/aromatic N) is 1. The fraction of sp³-hybridized carbons (Fsp3) is 0.182. The van der Waals surface area contributed by atoms with Crippen LogP contribution in [0.25, 0.3) is 0 Å². The molecule has 1 heterocycles. The average Bonchev–Trinajstić information content (AvgIpc) is 2.75. The monoisotopic (exact) mass is 337 g/mol. The minimum absolute atomic E-state index is 0.0427. The lowest BCUT2D eigenvalue weighted by Crippen LogP contribution is -2.16. The van der Waals surface area contributed by atoms with Crippen molar-refractivity contribution in [1.29, 1.82) is 0 Å². The summed E-state index contributed by atoms with van der Waals surface area (Å²) in [6.07, 6.45) is 0. The van der Waals surface area contributed by atoms with E-state index in [2.05, 4.69) is 10.2 Å². The van der Waals surface area contributed by atoms with Gasteiger partial charge in [0.05, 0.1) is 11.6 Å². The molecule has 0 saturated heterocycles. The zero-order chi connectivity index (χ0) is 15.8. The first kappa shape index (κ1) is 15.7. The highest BCUT2D eigenvalue weighted by Gasteiger charge is 2.25. The summed E-state index contributed by atoms with van der Waals surface area (Å²) in [4.78, 5) is 0. The molecule has 2 rings (SSSR count). The van der Waals surface area contributed by atoms with Gasteiger partial charge in [-0.3, -0.25) is 9.82 Å². The van der Waals surface area contributed by atoms with Crippen molar-refractivity contribution in [3.8, 4) is 0 Å². The van der Waals surface area contributed by atoms with Crippen LogP contribution in [0.5, 0.6) is 0 Å². The molecule has 3 N–H and O–H groups in total. The van der Waals surface area contributed by atoms with Crippen molar-refractivity contribution in [2.24, 2.45) is 0 Å². The Balaban J connectivity index is 2.47. The SMILES string of the molecule is Cc1[nH]nc(S(=O)(=O)Nc2c(F)cc(F)cc2Cl)c1CO. The molecular weight excluding hydrogens is 328 g/mol. The molecule has 0 spiro atoms. The third-order valence-corrected chi connectivity index (χ3v) is 4.31. The first-order valence-corrected chi connectivity index (χ1v) is 7.44. The number of rotatable bonds is 4. The largest absolute Gasteiger partial charge is 0.392 e. The van der Waals surface area contributed by atoms with Gasteiger partial charge in [0, 0.05) is 17.3 Å². The van der Waals surface area contributed by atoms with E-state index in [4.69, 9.17) is 16.7 Å². The maximum absolute atomic E-state index is 13.6. The maximum Gasteiger partial charge on any atom is 0.281 e. The normalized spacial score (nSPS) is 11.7. The van der Waals surface area contributed by atoms with E-state index in [0.29, 0.717) is 11.8 Å². The zero-order valence-corrected chi connectivity index (χ0v) is 12.2. The van der Waals surface area contributed by atoms with Crippen LogP contribution in [0.2, 0.25) is 5.02 Å². The van der Waals surface area contributed by atoms with Crippen molar-refractivity contribution in [1.82, 2.24) is 10.2 Å². The van der Waals surface area contributed by atoms with E-state index in [0.717, 1.165) is 6.07 Å². The number of halogens is 3. The second-order valence-electron chi connectivity index (χ2n) is 4.14. The predicted molar refractivity (Wildman–Crippen MR) is 71.4 cm³/mol. The molecule has 21 heavy (non-hydrogen) atoms. The summed E-state index contributed by atoms with van der Waals surface area (Å²) in [7, 11) is -4.29. The molecule has 114 valence electrons. The first-order valence-electron chi connectivity index (χ1n) is 5.58. The molecule has 0 fully saturated rings. The maximum atomic E-state index is 13.6. The number of aliphatic hydroxyl groups excluding tert-OH is 1. The van der Waals surface area contributed by atoms with Crippen LogP contribution in [-0.4, -0.2) is 23.7 Å². The van der Waals surface area contributed by atoms with Crippen molar-refractivity contribution in [3.05, 3.63) is 40.0 Å². The number of aryl methyl sites for hydroxylation is 1. The molecular formula is C11H10ClF2N3O3S. The van der Waals surface area contributed by atoms with Gasteiger partial charge in [-0.1, -0.05) is 11.6 Å². The van der Waals surface area contributed by atoms with Gasteiger partial charge in [-0.05, 0) is 13.0 Å². The number of H-pyrrole nitrogens is 1. The van der Waals surface area contributed by atoms with Gasteiger partial charge < -0.3 is 5.11 Å². The molecule has 10 heteroatoms. The number of aliphatic hydroxyl groups is 1. The van der Waals surface area contributed by atoms with Crippen LogP contribution in [0, 0.1) is 18.6 Å². The van der Waals surface area contributed by atoms with Crippen LogP contribution >= 0.6 is 11.6 Å². The number of hydrogen-bond acceptors (Lipinski definition) is 4. The average molecular weight is 338 g/mol. The van der Waals surface area contributed by atoms with E-state index in [-0.39, 0.29) is 5.56 Å². The number of hydrogen-bond donors (Lipinski definition) is 3. The summed E-state index contributed by atoms with van der Waals surface area (Å²) in [5.41, 5.74) is -0.202. The number of aromatic nitrogens is 2. The molecule has 0 aliphatic rings. The van der Waals surface area contributed by atoms with E-state index in [1.54, 1.807) is 0 Å². The van der Waals surface area contributed by atoms with Gasteiger partial charge >= 0.3 is 0 Å². The predicted octanol–water partition coefficient (Wildman–Crippen LogP) is 1.94. The molecule has 2 aromatic rings. The minimum Gasteiger partial charge on any atom is -0.392 e. The van der Waals surface area contributed by atoms with Crippen LogP contribution in [0.15, 0.2) is 17.2 Å². The molecule has 0 aliphatic carbocycles. The number of sulfonamides is 1. The van der Waals surface area contributed by atoms with Crippen LogP contribution in [0.1, 0.15) is 11.3 Å². The third kappa shape index (κ3) is 2.99. The molecule has 0 unspecified atom stereocenters. The highest BCUT2D eigenvalue weighted by molar-refractivity contribution is 7.92. The van der Waals surface area contributed by atoms with Crippen molar-refractivity contribution < 1.29 is 22.3 Å². The number of anilines is 1. The lowest BCUT2D eigenvalue weighted by Gasteiger charge is -2.10. The highest BCUT2D eigenvalue weighted by Crippen LogP contribution is 2.29. The second-order valence-corrected chi connectivity index (χ2v) is 6.15. The van der Waals surface area contributed by atoms with E-state index in [1.807, 2.05) is 4.72 Å². The summed E-state index contributed by atoms with van der Waals surface area (Å²) in [6.45, 7) is 0.946.